The van der Waals surface area contributed by atoms with E-state index in [4.69, 9.17) is 5.73 Å². The molecule has 3 aromatic heterocycles. The van der Waals surface area contributed by atoms with Crippen LogP contribution < -0.4 is 11.1 Å². The molecule has 0 aromatic carbocycles. The summed E-state index contributed by atoms with van der Waals surface area (Å²) in [5.41, 5.74) is 8.93. The third kappa shape index (κ3) is 4.25. The van der Waals surface area contributed by atoms with Crippen LogP contribution in [0, 0.1) is 24.7 Å². The Kier molecular flexibility index (Phi) is 5.44. The molecule has 2 fully saturated rings. The third-order valence-electron chi connectivity index (χ3n) is 7.08. The van der Waals surface area contributed by atoms with Crippen molar-refractivity contribution in [2.24, 2.45) is 17.8 Å². The summed E-state index contributed by atoms with van der Waals surface area (Å²) in [5, 5.41) is 4.61. The van der Waals surface area contributed by atoms with Crippen molar-refractivity contribution in [2.75, 3.05) is 24.1 Å². The molecule has 0 bridgehead atoms. The lowest BCUT2D eigenvalue weighted by molar-refractivity contribution is -0.130. The molecule has 5 rings (SSSR count). The van der Waals surface area contributed by atoms with Crippen molar-refractivity contribution in [2.45, 2.75) is 33.1 Å². The summed E-state index contributed by atoms with van der Waals surface area (Å²) in [7, 11) is 0. The van der Waals surface area contributed by atoms with E-state index in [-0.39, 0.29) is 17.7 Å². The van der Waals surface area contributed by atoms with Gasteiger partial charge in [0.2, 0.25) is 11.8 Å². The highest BCUT2D eigenvalue weighted by atomic mass is 16.2. The molecule has 2 amide bonds. The molecule has 2 aliphatic rings. The molecule has 4 heterocycles. The number of aryl methyl sites for hydroxylation is 1. The van der Waals surface area contributed by atoms with E-state index in [9.17, 15) is 9.59 Å². The Morgan fingerprint density at radius 1 is 1.18 bits per heavy atom. The van der Waals surface area contributed by atoms with Gasteiger partial charge in [0.25, 0.3) is 0 Å². The Hall–Kier alpha value is -3.55. The van der Waals surface area contributed by atoms with E-state index in [0.29, 0.717) is 23.5 Å². The molecule has 2 unspecified atom stereocenters. The molecule has 1 aliphatic carbocycles. The van der Waals surface area contributed by atoms with Crippen LogP contribution in [0.15, 0.2) is 36.8 Å². The summed E-state index contributed by atoms with van der Waals surface area (Å²) >= 11 is 0. The average Bonchev–Trinajstić information content (AvgIpc) is 3.60. The molecule has 8 nitrogen and oxygen atoms in total. The number of rotatable bonds is 4. The maximum Gasteiger partial charge on any atom is 0.228 e. The van der Waals surface area contributed by atoms with Gasteiger partial charge < -0.3 is 16.0 Å². The minimum Gasteiger partial charge on any atom is -0.383 e. The lowest BCUT2D eigenvalue weighted by Gasteiger charge is -2.31. The quantitative estimate of drug-likeness (QED) is 0.637. The van der Waals surface area contributed by atoms with E-state index in [1.165, 1.54) is 0 Å². The van der Waals surface area contributed by atoms with Gasteiger partial charge >= 0.3 is 0 Å². The standard InChI is InChI=1S/C25H28N6O2/c1-14-3-6-27-12-20(14)22-9-17-10-23(28-13-21(17)24(26)29-22)30-25(33)19-11-18(19)16-4-7-31(8-5-16)15(2)32/h3,6,9-10,12-13,16,18-19H,4-5,7-8,11H2,1-2H3,(H2,26,29)(H,28,30,33). The highest BCUT2D eigenvalue weighted by Gasteiger charge is 2.48. The van der Waals surface area contributed by atoms with Crippen molar-refractivity contribution in [3.8, 4) is 11.3 Å². The van der Waals surface area contributed by atoms with Crippen LogP contribution in [0.25, 0.3) is 22.0 Å². The van der Waals surface area contributed by atoms with E-state index in [1.807, 2.05) is 30.0 Å². The molecular weight excluding hydrogens is 416 g/mol. The van der Waals surface area contributed by atoms with Crippen LogP contribution in [0.4, 0.5) is 11.6 Å². The van der Waals surface area contributed by atoms with Gasteiger partial charge in [-0.05, 0) is 67.2 Å². The van der Waals surface area contributed by atoms with E-state index >= 15 is 0 Å². The number of nitrogens with one attached hydrogen (secondary N) is 1. The van der Waals surface area contributed by atoms with Crippen molar-refractivity contribution in [1.82, 2.24) is 19.9 Å². The van der Waals surface area contributed by atoms with Gasteiger partial charge in [-0.3, -0.25) is 14.6 Å². The van der Waals surface area contributed by atoms with Gasteiger partial charge in [-0.1, -0.05) is 0 Å². The first-order chi connectivity index (χ1) is 15.9. The Bertz CT molecular complexity index is 1230. The molecule has 33 heavy (non-hydrogen) atoms. The molecule has 3 N–H and O–H groups in total. The van der Waals surface area contributed by atoms with Gasteiger partial charge in [0, 0.05) is 55.5 Å². The highest BCUT2D eigenvalue weighted by Crippen LogP contribution is 2.48. The Morgan fingerprint density at radius 2 is 1.97 bits per heavy atom. The predicted molar refractivity (Wildman–Crippen MR) is 127 cm³/mol. The third-order valence-corrected chi connectivity index (χ3v) is 7.08. The van der Waals surface area contributed by atoms with Crippen molar-refractivity contribution >= 4 is 34.2 Å². The lowest BCUT2D eigenvalue weighted by atomic mass is 9.91. The van der Waals surface area contributed by atoms with Crippen LogP contribution in [0.2, 0.25) is 0 Å². The number of nitrogens with zero attached hydrogens (tertiary/aromatic N) is 4. The summed E-state index contributed by atoms with van der Waals surface area (Å²) < 4.78 is 0. The number of likely N-dealkylation sites (tertiary alicyclic amines) is 1. The van der Waals surface area contributed by atoms with Gasteiger partial charge in [0.05, 0.1) is 5.69 Å². The number of anilines is 2. The van der Waals surface area contributed by atoms with E-state index in [0.717, 1.165) is 59.9 Å². The second kappa shape index (κ2) is 8.42. The zero-order valence-electron chi connectivity index (χ0n) is 18.9. The number of nitrogens with two attached hydrogens (primary N) is 1. The van der Waals surface area contributed by atoms with Crippen LogP contribution >= 0.6 is 0 Å². The number of fused-ring (bicyclic) bond motifs is 1. The first kappa shape index (κ1) is 21.3. The van der Waals surface area contributed by atoms with Crippen molar-refractivity contribution in [3.05, 3.63) is 42.4 Å². The predicted octanol–water partition coefficient (Wildman–Crippen LogP) is 3.42. The lowest BCUT2D eigenvalue weighted by Crippen LogP contribution is -2.37. The molecule has 8 heteroatoms. The first-order valence-electron chi connectivity index (χ1n) is 11.4. The molecule has 2 atom stereocenters. The Morgan fingerprint density at radius 3 is 2.70 bits per heavy atom. The number of carbonyl (C=O) groups excluding carboxylic acids is 2. The average molecular weight is 445 g/mol. The first-order valence-corrected chi connectivity index (χ1v) is 11.4. The number of hydrogen-bond donors (Lipinski definition) is 2. The van der Waals surface area contributed by atoms with Crippen LogP contribution in [-0.4, -0.2) is 44.8 Å². The van der Waals surface area contributed by atoms with Gasteiger partial charge in [-0.15, -0.1) is 0 Å². The number of nitrogen functional groups attached to an aromatic ring is 1. The zero-order valence-corrected chi connectivity index (χ0v) is 18.9. The monoisotopic (exact) mass is 444 g/mol. The minimum atomic E-state index is 0.0196. The number of aromatic nitrogens is 3. The molecule has 1 saturated carbocycles. The Labute approximate surface area is 192 Å². The maximum atomic E-state index is 12.9. The molecule has 1 aliphatic heterocycles. The summed E-state index contributed by atoms with van der Waals surface area (Å²) in [6.45, 7) is 5.22. The summed E-state index contributed by atoms with van der Waals surface area (Å²) in [5.74, 6) is 2.01. The topological polar surface area (TPSA) is 114 Å². The molecule has 170 valence electrons. The molecule has 0 radical (unpaired) electrons. The SMILES string of the molecule is CC(=O)N1CCC(C2CC2C(=O)Nc2cc3cc(-c4cnccc4C)nc(N)c3cn2)CC1. The molecular formula is C25H28N6O2. The van der Waals surface area contributed by atoms with Crippen LogP contribution in [0.3, 0.4) is 0 Å². The number of amides is 2. The summed E-state index contributed by atoms with van der Waals surface area (Å²) in [4.78, 5) is 39.4. The van der Waals surface area contributed by atoms with Gasteiger partial charge in [-0.2, -0.15) is 0 Å². The molecule has 1 saturated heterocycles. The maximum absolute atomic E-state index is 12.9. The zero-order chi connectivity index (χ0) is 23.1. The van der Waals surface area contributed by atoms with Gasteiger partial charge in [-0.25, -0.2) is 9.97 Å². The minimum absolute atomic E-state index is 0.0196. The summed E-state index contributed by atoms with van der Waals surface area (Å²) in [6, 6.07) is 5.74. The fourth-order valence-corrected chi connectivity index (χ4v) is 5.01. The smallest absolute Gasteiger partial charge is 0.228 e. The van der Waals surface area contributed by atoms with Crippen LogP contribution in [0.1, 0.15) is 31.7 Å². The fraction of sp³-hybridized carbons (Fsp3) is 0.400. The fourth-order valence-electron chi connectivity index (χ4n) is 5.01. The second-order valence-electron chi connectivity index (χ2n) is 9.21. The van der Waals surface area contributed by atoms with Crippen LogP contribution in [0.5, 0.6) is 0 Å². The summed E-state index contributed by atoms with van der Waals surface area (Å²) in [6.07, 6.45) is 8.05. The van der Waals surface area contributed by atoms with E-state index in [1.54, 1.807) is 25.5 Å². The van der Waals surface area contributed by atoms with Gasteiger partial charge in [0.1, 0.15) is 11.6 Å². The molecule has 3 aromatic rings. The Balaban J connectivity index is 1.29. The van der Waals surface area contributed by atoms with Crippen molar-refractivity contribution in [1.29, 1.82) is 0 Å². The number of piperidine rings is 1. The van der Waals surface area contributed by atoms with Crippen LogP contribution in [-0.2, 0) is 9.59 Å². The van der Waals surface area contributed by atoms with Crippen molar-refractivity contribution in [3.63, 3.8) is 0 Å². The number of pyridine rings is 3. The van der Waals surface area contributed by atoms with E-state index in [2.05, 4.69) is 20.3 Å². The number of hydrogen-bond acceptors (Lipinski definition) is 6. The number of carbonyl (C=O) groups is 2. The van der Waals surface area contributed by atoms with Crippen molar-refractivity contribution < 1.29 is 9.59 Å². The largest absolute Gasteiger partial charge is 0.383 e. The highest BCUT2D eigenvalue weighted by molar-refractivity contribution is 5.98. The van der Waals surface area contributed by atoms with E-state index < -0.39 is 0 Å². The second-order valence-corrected chi connectivity index (χ2v) is 9.21. The molecule has 0 spiro atoms. The van der Waals surface area contributed by atoms with Gasteiger partial charge in [0.15, 0.2) is 0 Å². The normalized spacial score (nSPS) is 20.6.